The fourth-order valence-electron chi connectivity index (χ4n) is 2.76. The highest BCUT2D eigenvalue weighted by atomic mass is 32.2. The number of hydrogen-bond acceptors (Lipinski definition) is 7. The molecule has 0 saturated heterocycles. The van der Waals surface area contributed by atoms with E-state index in [-0.39, 0.29) is 11.5 Å². The summed E-state index contributed by atoms with van der Waals surface area (Å²) in [5.74, 6) is 5.67. The number of likely N-dealkylation sites (N-methyl/N-ethyl adjacent to an activating group) is 1. The molecule has 0 radical (unpaired) electrons. The summed E-state index contributed by atoms with van der Waals surface area (Å²) in [5, 5.41) is 8.74. The molecule has 1 aromatic heterocycles. The van der Waals surface area contributed by atoms with Crippen LogP contribution in [0.25, 0.3) is 0 Å². The molecule has 1 aromatic carbocycles. The van der Waals surface area contributed by atoms with Gasteiger partial charge < -0.3 is 4.74 Å². The third kappa shape index (κ3) is 6.70. The van der Waals surface area contributed by atoms with Crippen LogP contribution >= 0.6 is 11.8 Å². The highest BCUT2D eigenvalue weighted by Gasteiger charge is 2.37. The van der Waals surface area contributed by atoms with E-state index in [0.29, 0.717) is 11.5 Å². The van der Waals surface area contributed by atoms with E-state index in [1.165, 1.54) is 43.1 Å². The van der Waals surface area contributed by atoms with Gasteiger partial charge in [-0.15, -0.1) is 5.92 Å². The van der Waals surface area contributed by atoms with Gasteiger partial charge >= 0.3 is 0 Å². The molecule has 0 spiro atoms. The van der Waals surface area contributed by atoms with Crippen LogP contribution in [0.2, 0.25) is 0 Å². The molecule has 8 nitrogen and oxygen atoms in total. The number of hydroxylamine groups is 1. The Balaban J connectivity index is 2.19. The van der Waals surface area contributed by atoms with Crippen LogP contribution in [-0.4, -0.2) is 53.8 Å². The van der Waals surface area contributed by atoms with E-state index in [1.807, 2.05) is 6.07 Å². The van der Waals surface area contributed by atoms with Gasteiger partial charge in [-0.1, -0.05) is 18.9 Å². The predicted molar refractivity (Wildman–Crippen MR) is 119 cm³/mol. The molecule has 2 rings (SSSR count). The first-order valence-corrected chi connectivity index (χ1v) is 11.8. The summed E-state index contributed by atoms with van der Waals surface area (Å²) in [7, 11) is -2.69. The van der Waals surface area contributed by atoms with Crippen molar-refractivity contribution in [3.05, 3.63) is 54.4 Å². The lowest BCUT2D eigenvalue weighted by Gasteiger charge is -2.30. The first-order chi connectivity index (χ1) is 14.8. The third-order valence-electron chi connectivity index (χ3n) is 4.44. The molecule has 0 aliphatic carbocycles. The number of carbonyl (C=O) groups excluding carboxylic acids is 1. The number of rotatable bonds is 10. The molecular formula is C21H25N3O5S2. The zero-order valence-electron chi connectivity index (χ0n) is 17.5. The van der Waals surface area contributed by atoms with Crippen molar-refractivity contribution in [1.29, 1.82) is 0 Å². The van der Waals surface area contributed by atoms with E-state index in [4.69, 9.17) is 4.74 Å². The molecule has 10 heteroatoms. The lowest BCUT2D eigenvalue weighted by Crippen LogP contribution is -2.51. The molecule has 1 amide bonds. The lowest BCUT2D eigenvalue weighted by atomic mass is 10.2. The number of aromatic nitrogens is 1. The van der Waals surface area contributed by atoms with E-state index < -0.39 is 27.2 Å². The molecule has 2 unspecified atom stereocenters. The molecule has 2 N–H and O–H groups in total. The molecule has 0 bridgehead atoms. The summed E-state index contributed by atoms with van der Waals surface area (Å²) < 4.78 is 32.6. The molecule has 0 fully saturated rings. The van der Waals surface area contributed by atoms with E-state index in [9.17, 15) is 18.4 Å². The Kier molecular flexibility index (Phi) is 9.33. The average Bonchev–Trinajstić information content (AvgIpc) is 2.78. The van der Waals surface area contributed by atoms with Crippen LogP contribution in [0.15, 0.2) is 53.7 Å². The summed E-state index contributed by atoms with van der Waals surface area (Å²) in [6.45, 7) is 3.63. The summed E-state index contributed by atoms with van der Waals surface area (Å²) in [6.07, 6.45) is 3.37. The van der Waals surface area contributed by atoms with Crippen LogP contribution in [-0.2, 0) is 20.6 Å². The van der Waals surface area contributed by atoms with Crippen molar-refractivity contribution >= 4 is 27.7 Å². The quantitative estimate of drug-likeness (QED) is 0.316. The second-order valence-electron chi connectivity index (χ2n) is 6.51. The van der Waals surface area contributed by atoms with Crippen molar-refractivity contribution in [3.8, 4) is 17.6 Å². The van der Waals surface area contributed by atoms with Gasteiger partial charge in [-0.05, 0) is 42.8 Å². The number of hydrogen-bond donors (Lipinski definition) is 2. The lowest BCUT2D eigenvalue weighted by molar-refractivity contribution is -0.132. The largest absolute Gasteiger partial charge is 0.481 e. The summed E-state index contributed by atoms with van der Waals surface area (Å²) >= 11 is 1.38. The molecule has 0 aliphatic rings. The fraction of sp³-hybridized carbons (Fsp3) is 0.333. The van der Waals surface area contributed by atoms with Gasteiger partial charge in [-0.2, -0.15) is 16.1 Å². The maximum Gasteiger partial charge on any atom is 0.262 e. The highest BCUT2D eigenvalue weighted by Crippen LogP contribution is 2.27. The number of amides is 1. The smallest absolute Gasteiger partial charge is 0.262 e. The Bertz CT molecular complexity index is 1020. The number of nitrogens with one attached hydrogen (secondary N) is 1. The van der Waals surface area contributed by atoms with Gasteiger partial charge in [0.1, 0.15) is 18.4 Å². The zero-order valence-corrected chi connectivity index (χ0v) is 19.1. The van der Waals surface area contributed by atoms with Crippen LogP contribution in [0.3, 0.4) is 0 Å². The van der Waals surface area contributed by atoms with Crippen molar-refractivity contribution in [2.45, 2.75) is 35.8 Å². The van der Waals surface area contributed by atoms with Crippen LogP contribution < -0.4 is 10.2 Å². The van der Waals surface area contributed by atoms with Gasteiger partial charge in [0.15, 0.2) is 0 Å². The van der Waals surface area contributed by atoms with Gasteiger partial charge in [0, 0.05) is 30.4 Å². The normalized spacial score (nSPS) is 13.1. The van der Waals surface area contributed by atoms with Crippen molar-refractivity contribution < 1.29 is 23.2 Å². The van der Waals surface area contributed by atoms with Crippen molar-refractivity contribution in [1.82, 2.24) is 14.8 Å². The average molecular weight is 464 g/mol. The van der Waals surface area contributed by atoms with Crippen molar-refractivity contribution in [3.63, 3.8) is 0 Å². The summed E-state index contributed by atoms with van der Waals surface area (Å²) in [6, 6.07) is 8.43. The van der Waals surface area contributed by atoms with Gasteiger partial charge in [0.2, 0.25) is 10.0 Å². The topological polar surface area (TPSA) is 109 Å². The second kappa shape index (κ2) is 11.7. The molecular weight excluding hydrogens is 438 g/mol. The first-order valence-electron chi connectivity index (χ1n) is 9.36. The third-order valence-corrected chi connectivity index (χ3v) is 7.58. The van der Waals surface area contributed by atoms with Crippen LogP contribution in [0.1, 0.15) is 19.4 Å². The Morgan fingerprint density at radius 3 is 2.61 bits per heavy atom. The van der Waals surface area contributed by atoms with Gasteiger partial charge in [0.05, 0.1) is 4.90 Å². The van der Waals surface area contributed by atoms with Crippen molar-refractivity contribution in [2.75, 3.05) is 13.7 Å². The minimum Gasteiger partial charge on any atom is -0.481 e. The minimum atomic E-state index is -4.01. The van der Waals surface area contributed by atoms with Gasteiger partial charge in [0.25, 0.3) is 5.91 Å². The number of pyridine rings is 1. The maximum absolute atomic E-state index is 13.1. The molecule has 2 aromatic rings. The Hall–Kier alpha value is -2.58. The van der Waals surface area contributed by atoms with Crippen LogP contribution in [0.5, 0.6) is 5.75 Å². The standard InChI is InChI=1S/C21H25N3O5S2/c1-4-5-13-29-18-8-10-19(11-9-18)31(27,28)24(3)20(21(25)23-26)16(2)30-15-17-7-6-12-22-14-17/h6-12,14,16,20,26H,13,15H2,1-3H3,(H,23,25). The molecule has 1 heterocycles. The van der Waals surface area contributed by atoms with Gasteiger partial charge in [-0.25, -0.2) is 13.9 Å². The number of sulfonamides is 1. The molecule has 166 valence electrons. The van der Waals surface area contributed by atoms with E-state index in [1.54, 1.807) is 37.8 Å². The summed E-state index contributed by atoms with van der Waals surface area (Å²) in [5.41, 5.74) is 2.52. The summed E-state index contributed by atoms with van der Waals surface area (Å²) in [4.78, 5) is 16.4. The predicted octanol–water partition coefficient (Wildman–Crippen LogP) is 2.30. The van der Waals surface area contributed by atoms with Crippen LogP contribution in [0.4, 0.5) is 0 Å². The molecule has 31 heavy (non-hydrogen) atoms. The van der Waals surface area contributed by atoms with E-state index >= 15 is 0 Å². The fourth-order valence-corrected chi connectivity index (χ4v) is 5.34. The van der Waals surface area contributed by atoms with E-state index in [2.05, 4.69) is 16.8 Å². The minimum absolute atomic E-state index is 0.00382. The number of benzene rings is 1. The second-order valence-corrected chi connectivity index (χ2v) is 9.87. The van der Waals surface area contributed by atoms with E-state index in [0.717, 1.165) is 9.87 Å². The maximum atomic E-state index is 13.1. The number of ether oxygens (including phenoxy) is 1. The number of carbonyl (C=O) groups is 1. The monoisotopic (exact) mass is 463 g/mol. The number of nitrogens with zero attached hydrogens (tertiary/aromatic N) is 2. The molecule has 0 aliphatic heterocycles. The number of thioether (sulfide) groups is 1. The zero-order chi connectivity index (χ0) is 22.9. The first kappa shape index (κ1) is 24.7. The molecule has 2 atom stereocenters. The van der Waals surface area contributed by atoms with Crippen LogP contribution in [0, 0.1) is 11.8 Å². The van der Waals surface area contributed by atoms with Crippen molar-refractivity contribution in [2.24, 2.45) is 0 Å². The Morgan fingerprint density at radius 1 is 1.32 bits per heavy atom. The van der Waals surface area contributed by atoms with Gasteiger partial charge in [-0.3, -0.25) is 15.0 Å². The highest BCUT2D eigenvalue weighted by molar-refractivity contribution is 7.99. The molecule has 0 saturated carbocycles. The Labute approximate surface area is 187 Å². The Morgan fingerprint density at radius 2 is 2.03 bits per heavy atom. The SMILES string of the molecule is CC#CCOc1ccc(S(=O)(=O)N(C)C(C(=O)NO)C(C)SCc2cccnc2)cc1.